The van der Waals surface area contributed by atoms with E-state index < -0.39 is 11.9 Å². The number of aromatic amines is 3. The van der Waals surface area contributed by atoms with E-state index in [4.69, 9.17) is 16.5 Å². The van der Waals surface area contributed by atoms with Gasteiger partial charge in [-0.15, -0.1) is 0 Å². The molecular formula is C35H41N7O3. The zero-order valence-electron chi connectivity index (χ0n) is 26.0. The van der Waals surface area contributed by atoms with Crippen LogP contribution >= 0.6 is 0 Å². The number of nitrogens with zero attached hydrogens (tertiary/aromatic N) is 2. The normalized spacial score (nSPS) is 17.6. The molecular weight excluding hydrogens is 566 g/mol. The van der Waals surface area contributed by atoms with Crippen molar-refractivity contribution in [3.05, 3.63) is 82.0 Å². The van der Waals surface area contributed by atoms with Gasteiger partial charge < -0.3 is 26.4 Å². The van der Waals surface area contributed by atoms with E-state index in [0.29, 0.717) is 47.9 Å². The Morgan fingerprint density at radius 2 is 1.64 bits per heavy atom. The number of nitrogens with one attached hydrogen (secondary N) is 3. The van der Waals surface area contributed by atoms with Crippen molar-refractivity contribution in [2.45, 2.75) is 64.8 Å². The summed E-state index contributed by atoms with van der Waals surface area (Å²) in [4.78, 5) is 54.6. The fourth-order valence-electron chi connectivity index (χ4n) is 6.45. The van der Waals surface area contributed by atoms with Crippen LogP contribution in [-0.2, 0) is 16.0 Å². The minimum atomic E-state index is -0.947. The second-order valence-corrected chi connectivity index (χ2v) is 12.7. The van der Waals surface area contributed by atoms with Gasteiger partial charge >= 0.3 is 5.69 Å². The Morgan fingerprint density at radius 1 is 0.933 bits per heavy atom. The van der Waals surface area contributed by atoms with E-state index in [2.05, 4.69) is 47.9 Å². The maximum absolute atomic E-state index is 14.0. The lowest BCUT2D eigenvalue weighted by atomic mass is 9.81. The lowest BCUT2D eigenvalue weighted by Crippen LogP contribution is -2.50. The summed E-state index contributed by atoms with van der Waals surface area (Å²) in [6, 6.07) is 16.3. The molecule has 1 atom stereocenters. The highest BCUT2D eigenvalue weighted by molar-refractivity contribution is 6.17. The predicted molar refractivity (Wildman–Crippen MR) is 178 cm³/mol. The van der Waals surface area contributed by atoms with Crippen LogP contribution in [0.2, 0.25) is 0 Å². The highest BCUT2D eigenvalue weighted by atomic mass is 16.2. The smallest absolute Gasteiger partial charge is 0.323 e. The molecule has 1 aliphatic carbocycles. The van der Waals surface area contributed by atoms with Gasteiger partial charge in [-0.25, -0.2) is 14.7 Å². The number of imidazole rings is 2. The highest BCUT2D eigenvalue weighted by Crippen LogP contribution is 2.32. The van der Waals surface area contributed by atoms with E-state index in [9.17, 15) is 14.4 Å². The molecule has 2 heterocycles. The number of imide groups is 1. The molecule has 3 aromatic carbocycles. The zero-order chi connectivity index (χ0) is 31.8. The summed E-state index contributed by atoms with van der Waals surface area (Å²) in [5.74, 6) is 0.646. The summed E-state index contributed by atoms with van der Waals surface area (Å²) in [5.41, 5.74) is 19.7. The highest BCUT2D eigenvalue weighted by Gasteiger charge is 2.35. The maximum Gasteiger partial charge on any atom is 0.323 e. The molecule has 0 saturated heterocycles. The van der Waals surface area contributed by atoms with E-state index in [-0.39, 0.29) is 23.9 Å². The largest absolute Gasteiger partial charge is 0.342 e. The number of anilines is 1. The van der Waals surface area contributed by atoms with E-state index in [1.165, 1.54) is 4.90 Å². The standard InChI is InChI=1S/C35H41N7O3/c1-19(2)32-38-29-14-20(3)26(17-31(29)39-32)23-8-4-21(5-9-23)15-27(37)34(44)42(33(43)24-10-6-22(18-36)7-11-24)25-12-13-28-30(16-25)41-35(45)40-28/h4-5,8-9,12-14,16-17,19,22,24,27H,6-7,10-11,15,18,36-37H2,1-3H3,(H,38,39)(H2,40,41,45)/t22?,24?,27-/m0/s1. The first-order valence-electron chi connectivity index (χ1n) is 15.8. The monoisotopic (exact) mass is 607 g/mol. The summed E-state index contributed by atoms with van der Waals surface area (Å²) < 4.78 is 0. The molecule has 10 heteroatoms. The van der Waals surface area contributed by atoms with Gasteiger partial charge in [-0.3, -0.25) is 9.59 Å². The Kier molecular flexibility index (Phi) is 8.44. The summed E-state index contributed by atoms with van der Waals surface area (Å²) in [6.45, 7) is 6.91. The van der Waals surface area contributed by atoms with Gasteiger partial charge in [0.1, 0.15) is 5.82 Å². The molecule has 0 unspecified atom stereocenters. The van der Waals surface area contributed by atoms with Gasteiger partial charge in [-0.1, -0.05) is 38.1 Å². The van der Waals surface area contributed by atoms with Crippen molar-refractivity contribution in [3.63, 3.8) is 0 Å². The quantitative estimate of drug-likeness (QED) is 0.166. The van der Waals surface area contributed by atoms with Gasteiger partial charge in [-0.05, 0) is 104 Å². The van der Waals surface area contributed by atoms with E-state index in [0.717, 1.165) is 52.0 Å². The fourth-order valence-corrected chi connectivity index (χ4v) is 6.45. The first-order valence-corrected chi connectivity index (χ1v) is 15.8. The molecule has 1 fully saturated rings. The van der Waals surface area contributed by atoms with Gasteiger partial charge in [0.05, 0.1) is 33.8 Å². The number of rotatable bonds is 8. The second-order valence-electron chi connectivity index (χ2n) is 12.7. The van der Waals surface area contributed by atoms with Crippen LogP contribution in [0.1, 0.15) is 62.4 Å². The molecule has 2 aromatic heterocycles. The van der Waals surface area contributed by atoms with Crippen LogP contribution in [0.25, 0.3) is 33.2 Å². The number of hydrogen-bond acceptors (Lipinski definition) is 6. The molecule has 0 bridgehead atoms. The van der Waals surface area contributed by atoms with Crippen LogP contribution in [0.3, 0.4) is 0 Å². The lowest BCUT2D eigenvalue weighted by Gasteiger charge is -2.32. The van der Waals surface area contributed by atoms with Crippen molar-refractivity contribution in [3.8, 4) is 11.1 Å². The van der Waals surface area contributed by atoms with Crippen molar-refractivity contribution < 1.29 is 9.59 Å². The number of nitrogens with two attached hydrogens (primary N) is 2. The van der Waals surface area contributed by atoms with Crippen molar-refractivity contribution in [2.75, 3.05) is 11.4 Å². The minimum absolute atomic E-state index is 0.261. The van der Waals surface area contributed by atoms with Gasteiger partial charge in [0, 0.05) is 11.8 Å². The third kappa shape index (κ3) is 6.21. The lowest BCUT2D eigenvalue weighted by molar-refractivity contribution is -0.130. The van der Waals surface area contributed by atoms with Gasteiger partial charge in [0.2, 0.25) is 5.91 Å². The molecule has 2 amide bonds. The van der Waals surface area contributed by atoms with E-state index in [1.807, 2.05) is 24.3 Å². The van der Waals surface area contributed by atoms with Crippen LogP contribution in [0.4, 0.5) is 5.69 Å². The topological polar surface area (TPSA) is 167 Å². The third-order valence-electron chi connectivity index (χ3n) is 9.16. The molecule has 234 valence electrons. The van der Waals surface area contributed by atoms with Gasteiger partial charge in [0.15, 0.2) is 0 Å². The average molecular weight is 608 g/mol. The summed E-state index contributed by atoms with van der Waals surface area (Å²) >= 11 is 0. The Balaban J connectivity index is 1.23. The van der Waals surface area contributed by atoms with Crippen LogP contribution in [0.15, 0.2) is 59.4 Å². The molecule has 6 rings (SSSR count). The molecule has 0 aliphatic heterocycles. The number of aromatic nitrogens is 4. The van der Waals surface area contributed by atoms with Crippen LogP contribution in [0.5, 0.6) is 0 Å². The van der Waals surface area contributed by atoms with Gasteiger partial charge in [0.25, 0.3) is 5.91 Å². The fraction of sp³-hybridized carbons (Fsp3) is 0.371. The molecule has 0 spiro atoms. The number of carbonyl (C=O) groups excluding carboxylic acids is 2. The Morgan fingerprint density at radius 3 is 2.33 bits per heavy atom. The SMILES string of the molecule is Cc1cc2[nH]c(C(C)C)nc2cc1-c1ccc(C[C@H](N)C(=O)N(C(=O)C2CCC(CN)CC2)c2ccc3[nH]c(=O)[nH]c3c2)cc1. The summed E-state index contributed by atoms with van der Waals surface area (Å²) in [7, 11) is 0. The third-order valence-corrected chi connectivity index (χ3v) is 9.16. The Labute approximate surface area is 261 Å². The molecule has 45 heavy (non-hydrogen) atoms. The molecule has 5 aromatic rings. The van der Waals surface area contributed by atoms with Crippen LogP contribution in [-0.4, -0.2) is 44.3 Å². The van der Waals surface area contributed by atoms with Crippen molar-refractivity contribution >= 4 is 39.6 Å². The minimum Gasteiger partial charge on any atom is -0.342 e. The molecule has 7 N–H and O–H groups in total. The summed E-state index contributed by atoms with van der Waals surface area (Å²) in [5, 5.41) is 0. The number of H-pyrrole nitrogens is 3. The first kappa shape index (κ1) is 30.5. The summed E-state index contributed by atoms with van der Waals surface area (Å²) in [6.07, 6.45) is 3.31. The number of hydrogen-bond donors (Lipinski definition) is 5. The number of fused-ring (bicyclic) bond motifs is 2. The Hall–Kier alpha value is -4.54. The molecule has 1 aliphatic rings. The zero-order valence-corrected chi connectivity index (χ0v) is 26.0. The van der Waals surface area contributed by atoms with Crippen LogP contribution in [0, 0.1) is 18.8 Å². The molecule has 0 radical (unpaired) electrons. The number of aryl methyl sites for hydroxylation is 1. The first-order chi connectivity index (χ1) is 21.6. The predicted octanol–water partition coefficient (Wildman–Crippen LogP) is 5.03. The van der Waals surface area contributed by atoms with Crippen LogP contribution < -0.4 is 22.1 Å². The Bertz CT molecular complexity index is 1910. The number of carbonyl (C=O) groups is 2. The number of benzene rings is 3. The second kappa shape index (κ2) is 12.5. The average Bonchev–Trinajstić information content (AvgIpc) is 3.63. The van der Waals surface area contributed by atoms with E-state index >= 15 is 0 Å². The van der Waals surface area contributed by atoms with Crippen molar-refractivity contribution in [2.24, 2.45) is 23.3 Å². The van der Waals surface area contributed by atoms with Crippen molar-refractivity contribution in [1.82, 2.24) is 19.9 Å². The number of amides is 2. The van der Waals surface area contributed by atoms with E-state index in [1.54, 1.807) is 18.2 Å². The molecule has 10 nitrogen and oxygen atoms in total. The van der Waals surface area contributed by atoms with Crippen molar-refractivity contribution in [1.29, 1.82) is 0 Å². The van der Waals surface area contributed by atoms with Gasteiger partial charge in [-0.2, -0.15) is 0 Å². The molecule has 1 saturated carbocycles. The maximum atomic E-state index is 14.0.